The third-order valence-electron chi connectivity index (χ3n) is 3.12. The number of aromatic nitrogens is 3. The van der Waals surface area contributed by atoms with Gasteiger partial charge >= 0.3 is 5.97 Å². The quantitative estimate of drug-likeness (QED) is 0.624. The summed E-state index contributed by atoms with van der Waals surface area (Å²) in [7, 11) is 3.26. The van der Waals surface area contributed by atoms with E-state index in [4.69, 9.17) is 4.74 Å². The first-order valence-electron chi connectivity index (χ1n) is 6.27. The molecule has 2 atom stereocenters. The second-order valence-corrected chi connectivity index (χ2v) is 5.59. The molecule has 106 valence electrons. The Morgan fingerprint density at radius 1 is 1.35 bits per heavy atom. The Morgan fingerprint density at radius 3 is 2.60 bits per heavy atom. The lowest BCUT2D eigenvalue weighted by Gasteiger charge is -2.21. The maximum atomic E-state index is 12.1. The van der Waals surface area contributed by atoms with Gasteiger partial charge in [0.2, 0.25) is 0 Å². The smallest absolute Gasteiger partial charge is 0.319 e. The lowest BCUT2D eigenvalue weighted by molar-refractivity contribution is -0.140. The summed E-state index contributed by atoms with van der Waals surface area (Å²) in [4.78, 5) is 12.1. The van der Waals surface area contributed by atoms with Crippen LogP contribution in [0, 0.1) is 0 Å². The number of carbonyl (C=O) groups excluding carboxylic acids is 1. The molecule has 0 fully saturated rings. The Morgan fingerprint density at radius 2 is 2.05 bits per heavy atom. The summed E-state index contributed by atoms with van der Waals surface area (Å²) in [5, 5.41) is 8.19. The average Bonchev–Trinajstić information content (AvgIpc) is 2.89. The topological polar surface area (TPSA) is 57.0 Å². The zero-order valence-electron chi connectivity index (χ0n) is 11.7. The van der Waals surface area contributed by atoms with Crippen molar-refractivity contribution in [2.24, 2.45) is 7.05 Å². The van der Waals surface area contributed by atoms with Crippen LogP contribution in [0.3, 0.4) is 0 Å². The molecule has 1 aromatic heterocycles. The number of esters is 1. The summed E-state index contributed by atoms with van der Waals surface area (Å²) < 4.78 is 6.72. The van der Waals surface area contributed by atoms with Gasteiger partial charge in [-0.1, -0.05) is 49.0 Å². The molecule has 0 unspecified atom stereocenters. The Kier molecular flexibility index (Phi) is 4.79. The molecule has 0 aliphatic rings. The van der Waals surface area contributed by atoms with Gasteiger partial charge in [0.05, 0.1) is 7.11 Å². The van der Waals surface area contributed by atoms with Crippen LogP contribution < -0.4 is 0 Å². The molecule has 0 spiro atoms. The number of thioether (sulfide) groups is 1. The third-order valence-corrected chi connectivity index (χ3v) is 4.55. The van der Waals surface area contributed by atoms with Crippen molar-refractivity contribution in [3.8, 4) is 0 Å². The largest absolute Gasteiger partial charge is 0.468 e. The standard InChI is InChI=1S/C14H17N3O2S/c1-10(11-7-5-4-6-8-11)12(13(18)19-3)20-14-16-15-9-17(14)2/h4-10,12H,1-3H3/t10-,12-/m0/s1. The molecule has 0 saturated carbocycles. The van der Waals surface area contributed by atoms with Crippen molar-refractivity contribution in [3.05, 3.63) is 42.2 Å². The second-order valence-electron chi connectivity index (χ2n) is 4.49. The van der Waals surface area contributed by atoms with Crippen LogP contribution in [0.1, 0.15) is 18.4 Å². The molecule has 1 aromatic carbocycles. The van der Waals surface area contributed by atoms with Crippen molar-refractivity contribution in [2.45, 2.75) is 23.2 Å². The monoisotopic (exact) mass is 291 g/mol. The Bertz CT molecular complexity index is 571. The molecule has 0 amide bonds. The first-order valence-corrected chi connectivity index (χ1v) is 7.15. The summed E-state index contributed by atoms with van der Waals surface area (Å²) >= 11 is 1.37. The number of hydrogen-bond acceptors (Lipinski definition) is 5. The van der Waals surface area contributed by atoms with E-state index in [0.29, 0.717) is 5.16 Å². The van der Waals surface area contributed by atoms with Gasteiger partial charge in [-0.05, 0) is 5.56 Å². The fourth-order valence-corrected chi connectivity index (χ4v) is 2.98. The highest BCUT2D eigenvalue weighted by molar-refractivity contribution is 8.00. The second kappa shape index (κ2) is 6.56. The SMILES string of the molecule is COC(=O)[C@@H](Sc1nncn1C)[C@@H](C)c1ccccc1. The van der Waals surface area contributed by atoms with Crippen molar-refractivity contribution >= 4 is 17.7 Å². The Balaban J connectivity index is 2.24. The lowest BCUT2D eigenvalue weighted by atomic mass is 9.97. The van der Waals surface area contributed by atoms with Gasteiger partial charge in [0.25, 0.3) is 0 Å². The zero-order valence-corrected chi connectivity index (χ0v) is 12.5. The maximum Gasteiger partial charge on any atom is 0.319 e. The van der Waals surface area contributed by atoms with Gasteiger partial charge in [0.1, 0.15) is 11.6 Å². The minimum Gasteiger partial charge on any atom is -0.468 e. The summed E-state index contributed by atoms with van der Waals surface area (Å²) in [6, 6.07) is 9.91. The number of carbonyl (C=O) groups is 1. The molecule has 0 aliphatic carbocycles. The molecule has 0 aliphatic heterocycles. The van der Waals surface area contributed by atoms with Crippen molar-refractivity contribution in [3.63, 3.8) is 0 Å². The number of hydrogen-bond donors (Lipinski definition) is 0. The van der Waals surface area contributed by atoms with Crippen molar-refractivity contribution < 1.29 is 9.53 Å². The van der Waals surface area contributed by atoms with Crippen LogP contribution in [0.25, 0.3) is 0 Å². The van der Waals surface area contributed by atoms with E-state index in [1.165, 1.54) is 18.9 Å². The van der Waals surface area contributed by atoms with Gasteiger partial charge in [0, 0.05) is 13.0 Å². The summed E-state index contributed by atoms with van der Waals surface area (Å²) in [6.45, 7) is 2.01. The van der Waals surface area contributed by atoms with Crippen LogP contribution in [0.5, 0.6) is 0 Å². The molecule has 2 rings (SSSR count). The lowest BCUT2D eigenvalue weighted by Crippen LogP contribution is -2.25. The van der Waals surface area contributed by atoms with E-state index in [-0.39, 0.29) is 17.1 Å². The number of benzene rings is 1. The summed E-state index contributed by atoms with van der Waals surface area (Å²) in [5.74, 6) is -0.236. The van der Waals surface area contributed by atoms with Gasteiger partial charge in [-0.2, -0.15) is 0 Å². The molecule has 0 bridgehead atoms. The van der Waals surface area contributed by atoms with E-state index in [2.05, 4.69) is 10.2 Å². The number of methoxy groups -OCH3 is 1. The molecule has 0 N–H and O–H groups in total. The van der Waals surface area contributed by atoms with Gasteiger partial charge in [-0.15, -0.1) is 10.2 Å². The highest BCUT2D eigenvalue weighted by Crippen LogP contribution is 2.33. The molecular formula is C14H17N3O2S. The summed E-state index contributed by atoms with van der Waals surface area (Å²) in [5.41, 5.74) is 1.09. The Labute approximate surface area is 122 Å². The van der Waals surface area contributed by atoms with Crippen LogP contribution in [0.15, 0.2) is 41.8 Å². The number of aryl methyl sites for hydroxylation is 1. The predicted octanol–water partition coefficient (Wildman–Crippen LogP) is 2.25. The third kappa shape index (κ3) is 3.19. The number of ether oxygens (including phenoxy) is 1. The van der Waals surface area contributed by atoms with Crippen LogP contribution >= 0.6 is 11.8 Å². The summed E-state index contributed by atoms with van der Waals surface area (Å²) in [6.07, 6.45) is 1.61. The van der Waals surface area contributed by atoms with E-state index in [1.54, 1.807) is 10.9 Å². The van der Waals surface area contributed by atoms with Gasteiger partial charge in [-0.25, -0.2) is 0 Å². The van der Waals surface area contributed by atoms with E-state index in [0.717, 1.165) is 5.56 Å². The molecular weight excluding hydrogens is 274 g/mol. The first kappa shape index (κ1) is 14.6. The van der Waals surface area contributed by atoms with Gasteiger partial charge in [-0.3, -0.25) is 4.79 Å². The Hall–Kier alpha value is -1.82. The van der Waals surface area contributed by atoms with Crippen molar-refractivity contribution in [1.82, 2.24) is 14.8 Å². The van der Waals surface area contributed by atoms with E-state index in [1.807, 2.05) is 44.3 Å². The number of rotatable bonds is 5. The molecule has 1 heterocycles. The minimum atomic E-state index is -0.356. The highest BCUT2D eigenvalue weighted by atomic mass is 32.2. The highest BCUT2D eigenvalue weighted by Gasteiger charge is 2.29. The minimum absolute atomic E-state index is 0.0188. The fourth-order valence-electron chi connectivity index (χ4n) is 1.89. The molecule has 6 heteroatoms. The number of nitrogens with zero attached hydrogens (tertiary/aromatic N) is 3. The van der Waals surface area contributed by atoms with E-state index in [9.17, 15) is 4.79 Å². The molecule has 0 saturated heterocycles. The van der Waals surface area contributed by atoms with Crippen molar-refractivity contribution in [2.75, 3.05) is 7.11 Å². The van der Waals surface area contributed by atoms with Crippen LogP contribution in [-0.2, 0) is 16.6 Å². The average molecular weight is 291 g/mol. The fraction of sp³-hybridized carbons (Fsp3) is 0.357. The predicted molar refractivity (Wildman–Crippen MR) is 77.5 cm³/mol. The van der Waals surface area contributed by atoms with Crippen LogP contribution in [0.2, 0.25) is 0 Å². The molecule has 2 aromatic rings. The van der Waals surface area contributed by atoms with E-state index < -0.39 is 0 Å². The normalized spacial score (nSPS) is 13.8. The molecule has 5 nitrogen and oxygen atoms in total. The van der Waals surface area contributed by atoms with Crippen LogP contribution in [-0.4, -0.2) is 33.1 Å². The first-order chi connectivity index (χ1) is 9.63. The van der Waals surface area contributed by atoms with E-state index >= 15 is 0 Å². The molecule has 0 radical (unpaired) electrons. The van der Waals surface area contributed by atoms with Gasteiger partial charge in [0.15, 0.2) is 5.16 Å². The van der Waals surface area contributed by atoms with Crippen molar-refractivity contribution in [1.29, 1.82) is 0 Å². The van der Waals surface area contributed by atoms with Crippen LogP contribution in [0.4, 0.5) is 0 Å². The molecule has 20 heavy (non-hydrogen) atoms. The van der Waals surface area contributed by atoms with Gasteiger partial charge < -0.3 is 9.30 Å². The zero-order chi connectivity index (χ0) is 14.5. The maximum absolute atomic E-state index is 12.1.